The molecule has 7 heteroatoms. The quantitative estimate of drug-likeness (QED) is 0.138. The second kappa shape index (κ2) is 14.6. The third kappa shape index (κ3) is 7.16. The Morgan fingerprint density at radius 2 is 1.61 bits per heavy atom. The first-order valence-corrected chi connectivity index (χ1v) is 13.9. The van der Waals surface area contributed by atoms with E-state index >= 15 is 0 Å². The lowest BCUT2D eigenvalue weighted by Gasteiger charge is -2.28. The zero-order chi connectivity index (χ0) is 27.5. The second-order valence-electron chi connectivity index (χ2n) is 9.52. The molecular weight excluding hydrogens is 480 g/mol. The number of amides is 1. The Labute approximate surface area is 227 Å². The normalized spacial score (nSPS) is 16.9. The smallest absolute Gasteiger partial charge is 0.295 e. The van der Waals surface area contributed by atoms with Crippen molar-refractivity contribution in [3.63, 3.8) is 0 Å². The molecule has 1 amide bonds. The number of carbonyl (C=O) groups is 2. The van der Waals surface area contributed by atoms with Gasteiger partial charge in [-0.05, 0) is 55.8 Å². The number of nitrogens with zero attached hydrogens (tertiary/aromatic N) is 2. The number of likely N-dealkylation sites (N-methyl/N-ethyl adjacent to an activating group) is 1. The molecule has 1 N–H and O–H groups in total. The Morgan fingerprint density at radius 3 is 2.26 bits per heavy atom. The van der Waals surface area contributed by atoms with Crippen LogP contribution in [-0.4, -0.2) is 66.0 Å². The molecule has 1 saturated heterocycles. The van der Waals surface area contributed by atoms with Gasteiger partial charge in [-0.15, -0.1) is 0 Å². The number of benzene rings is 2. The minimum atomic E-state index is -0.695. The maximum Gasteiger partial charge on any atom is 0.295 e. The molecule has 0 spiro atoms. The molecule has 0 bridgehead atoms. The van der Waals surface area contributed by atoms with Gasteiger partial charge in [0.2, 0.25) is 0 Å². The third-order valence-electron chi connectivity index (χ3n) is 6.88. The molecule has 0 aliphatic carbocycles. The lowest BCUT2D eigenvalue weighted by Crippen LogP contribution is -2.38. The van der Waals surface area contributed by atoms with Gasteiger partial charge < -0.3 is 24.4 Å². The van der Waals surface area contributed by atoms with Gasteiger partial charge in [-0.1, -0.05) is 64.8 Å². The molecule has 1 atom stereocenters. The number of unbranched alkanes of at least 4 members (excludes halogenated alkanes) is 2. The highest BCUT2D eigenvalue weighted by atomic mass is 16.5. The van der Waals surface area contributed by atoms with Crippen LogP contribution in [0.3, 0.4) is 0 Å². The Kier molecular flexibility index (Phi) is 11.2. The summed E-state index contributed by atoms with van der Waals surface area (Å²) < 4.78 is 11.6. The number of likely N-dealkylation sites (tertiary alicyclic amines) is 1. The van der Waals surface area contributed by atoms with Gasteiger partial charge >= 0.3 is 0 Å². The molecule has 1 unspecified atom stereocenters. The Bertz CT molecular complexity index is 1090. The van der Waals surface area contributed by atoms with Gasteiger partial charge in [0.05, 0.1) is 24.8 Å². The first-order valence-electron chi connectivity index (χ1n) is 13.9. The average molecular weight is 523 g/mol. The summed E-state index contributed by atoms with van der Waals surface area (Å²) in [4.78, 5) is 30.4. The predicted molar refractivity (Wildman–Crippen MR) is 150 cm³/mol. The van der Waals surface area contributed by atoms with E-state index in [1.807, 2.05) is 37.3 Å². The van der Waals surface area contributed by atoms with E-state index in [-0.39, 0.29) is 11.3 Å². The van der Waals surface area contributed by atoms with E-state index in [2.05, 4.69) is 25.7 Å². The van der Waals surface area contributed by atoms with Crippen LogP contribution in [-0.2, 0) is 9.59 Å². The molecule has 0 saturated carbocycles. The Hall–Kier alpha value is -3.32. The van der Waals surface area contributed by atoms with Crippen LogP contribution < -0.4 is 9.47 Å². The molecule has 0 radical (unpaired) electrons. The SMILES string of the molecule is CCCCCOc1ccc(C2C(=C(O)c3cccc(OCCC)c3)C(=O)C(=O)N2CCN(CC)CC)cc1. The van der Waals surface area contributed by atoms with E-state index in [1.54, 1.807) is 23.1 Å². The molecule has 7 nitrogen and oxygen atoms in total. The van der Waals surface area contributed by atoms with Crippen LogP contribution in [0.5, 0.6) is 11.5 Å². The molecule has 2 aromatic carbocycles. The zero-order valence-electron chi connectivity index (χ0n) is 23.2. The number of carbonyl (C=O) groups excluding carboxylic acids is 2. The molecule has 206 valence electrons. The monoisotopic (exact) mass is 522 g/mol. The molecular formula is C31H42N2O5. The van der Waals surface area contributed by atoms with Crippen molar-refractivity contribution in [2.45, 2.75) is 59.4 Å². The summed E-state index contributed by atoms with van der Waals surface area (Å²) in [7, 11) is 0. The van der Waals surface area contributed by atoms with E-state index < -0.39 is 17.7 Å². The van der Waals surface area contributed by atoms with Crippen molar-refractivity contribution < 1.29 is 24.2 Å². The van der Waals surface area contributed by atoms with Crippen molar-refractivity contribution in [2.24, 2.45) is 0 Å². The van der Waals surface area contributed by atoms with Gasteiger partial charge in [-0.25, -0.2) is 0 Å². The minimum absolute atomic E-state index is 0.0961. The lowest BCUT2D eigenvalue weighted by atomic mass is 9.95. The highest BCUT2D eigenvalue weighted by Crippen LogP contribution is 2.40. The number of Topliss-reactive ketones (excluding diaryl/α,β-unsaturated/α-hetero) is 1. The largest absolute Gasteiger partial charge is 0.507 e. The van der Waals surface area contributed by atoms with Crippen molar-refractivity contribution in [1.82, 2.24) is 9.80 Å². The number of aliphatic hydroxyl groups is 1. The van der Waals surface area contributed by atoms with E-state index in [0.717, 1.165) is 50.1 Å². The minimum Gasteiger partial charge on any atom is -0.507 e. The Balaban J connectivity index is 1.99. The molecule has 3 rings (SSSR count). The highest BCUT2D eigenvalue weighted by molar-refractivity contribution is 6.46. The van der Waals surface area contributed by atoms with Crippen molar-refractivity contribution in [2.75, 3.05) is 39.4 Å². The van der Waals surface area contributed by atoms with Crippen molar-refractivity contribution in [3.05, 3.63) is 65.2 Å². The standard InChI is InChI=1S/C31H42N2O5/c1-5-9-10-21-38-25-16-14-23(15-17-25)28-27(29(34)24-12-11-13-26(22-24)37-20-6-2)30(35)31(36)33(28)19-18-32(7-3)8-4/h11-17,22,28,34H,5-10,18-21H2,1-4H3. The summed E-state index contributed by atoms with van der Waals surface area (Å²) in [6.45, 7) is 12.2. The third-order valence-corrected chi connectivity index (χ3v) is 6.88. The summed E-state index contributed by atoms with van der Waals surface area (Å²) in [6, 6.07) is 13.8. The lowest BCUT2D eigenvalue weighted by molar-refractivity contribution is -0.140. The van der Waals surface area contributed by atoms with Gasteiger partial charge in [0.1, 0.15) is 17.3 Å². The molecule has 1 aliphatic rings. The Morgan fingerprint density at radius 1 is 0.895 bits per heavy atom. The number of hydrogen-bond donors (Lipinski definition) is 1. The van der Waals surface area contributed by atoms with Gasteiger partial charge in [0, 0.05) is 18.7 Å². The highest BCUT2D eigenvalue weighted by Gasteiger charge is 2.46. The topological polar surface area (TPSA) is 79.3 Å². The first kappa shape index (κ1) is 29.2. The molecule has 0 aromatic heterocycles. The summed E-state index contributed by atoms with van der Waals surface area (Å²) in [5, 5.41) is 11.4. The number of hydrogen-bond acceptors (Lipinski definition) is 6. The number of aliphatic hydroxyl groups excluding tert-OH is 1. The summed E-state index contributed by atoms with van der Waals surface area (Å²) in [5.41, 5.74) is 1.30. The predicted octanol–water partition coefficient (Wildman–Crippen LogP) is 5.81. The first-order chi connectivity index (χ1) is 18.4. The van der Waals surface area contributed by atoms with Crippen LogP contribution in [0.25, 0.3) is 5.76 Å². The maximum absolute atomic E-state index is 13.3. The van der Waals surface area contributed by atoms with E-state index in [9.17, 15) is 14.7 Å². The summed E-state index contributed by atoms with van der Waals surface area (Å²) in [6.07, 6.45) is 4.09. The molecule has 38 heavy (non-hydrogen) atoms. The van der Waals surface area contributed by atoms with Gasteiger partial charge in [-0.2, -0.15) is 0 Å². The fraction of sp³-hybridized carbons (Fsp3) is 0.484. The van der Waals surface area contributed by atoms with Crippen LogP contribution >= 0.6 is 0 Å². The van der Waals surface area contributed by atoms with Crippen molar-refractivity contribution >= 4 is 17.4 Å². The van der Waals surface area contributed by atoms with Crippen LogP contribution in [0.2, 0.25) is 0 Å². The molecule has 1 aliphatic heterocycles. The molecule has 2 aromatic rings. The van der Waals surface area contributed by atoms with E-state index in [0.29, 0.717) is 37.6 Å². The van der Waals surface area contributed by atoms with Gasteiger partial charge in [0.15, 0.2) is 0 Å². The van der Waals surface area contributed by atoms with Crippen molar-refractivity contribution in [3.8, 4) is 11.5 Å². The number of ketones is 1. The second-order valence-corrected chi connectivity index (χ2v) is 9.52. The zero-order valence-corrected chi connectivity index (χ0v) is 23.2. The van der Waals surface area contributed by atoms with Gasteiger partial charge in [-0.3, -0.25) is 9.59 Å². The van der Waals surface area contributed by atoms with Crippen LogP contribution in [0.4, 0.5) is 0 Å². The van der Waals surface area contributed by atoms with Crippen molar-refractivity contribution in [1.29, 1.82) is 0 Å². The summed E-state index contributed by atoms with van der Waals surface area (Å²) in [5.74, 6) is -0.118. The molecule has 1 fully saturated rings. The van der Waals surface area contributed by atoms with E-state index in [4.69, 9.17) is 9.47 Å². The van der Waals surface area contributed by atoms with E-state index in [1.165, 1.54) is 0 Å². The maximum atomic E-state index is 13.3. The average Bonchev–Trinajstić information content (AvgIpc) is 3.20. The fourth-order valence-corrected chi connectivity index (χ4v) is 4.64. The van der Waals surface area contributed by atoms with Gasteiger partial charge in [0.25, 0.3) is 11.7 Å². The number of rotatable bonds is 15. The van der Waals surface area contributed by atoms with Crippen LogP contribution in [0.1, 0.15) is 70.5 Å². The van der Waals surface area contributed by atoms with Crippen LogP contribution in [0, 0.1) is 0 Å². The van der Waals surface area contributed by atoms with Crippen LogP contribution in [0.15, 0.2) is 54.1 Å². The summed E-state index contributed by atoms with van der Waals surface area (Å²) >= 11 is 0. The number of ether oxygens (including phenoxy) is 2. The fourth-order valence-electron chi connectivity index (χ4n) is 4.64. The molecule has 1 heterocycles.